The van der Waals surface area contributed by atoms with Gasteiger partial charge in [-0.3, -0.25) is 4.79 Å². The third kappa shape index (κ3) is 2.77. The predicted octanol–water partition coefficient (Wildman–Crippen LogP) is 1.30. The number of rotatable bonds is 3. The van der Waals surface area contributed by atoms with Crippen molar-refractivity contribution >= 4 is 17.4 Å². The second-order valence-corrected chi connectivity index (χ2v) is 3.98. The van der Waals surface area contributed by atoms with Gasteiger partial charge in [-0.05, 0) is 17.5 Å². The van der Waals surface area contributed by atoms with E-state index in [1.54, 1.807) is 0 Å². The Kier molecular flexibility index (Phi) is 3.36. The van der Waals surface area contributed by atoms with E-state index in [1.807, 2.05) is 0 Å². The molecule has 0 spiro atoms. The van der Waals surface area contributed by atoms with E-state index in [4.69, 9.17) is 0 Å². The van der Waals surface area contributed by atoms with Crippen LogP contribution in [0.3, 0.4) is 0 Å². The van der Waals surface area contributed by atoms with Crippen LogP contribution in [0.1, 0.15) is 37.3 Å². The maximum Gasteiger partial charge on any atom is 0.217 e. The summed E-state index contributed by atoms with van der Waals surface area (Å²) < 4.78 is 3.86. The number of carbonyl (C=O) groups excluding carboxylic acids is 1. The average molecular weight is 199 g/mol. The minimum Gasteiger partial charge on any atom is -0.351 e. The monoisotopic (exact) mass is 199 g/mol. The van der Waals surface area contributed by atoms with Crippen molar-refractivity contribution in [3.8, 4) is 0 Å². The van der Waals surface area contributed by atoms with Crippen LogP contribution in [0.15, 0.2) is 0 Å². The van der Waals surface area contributed by atoms with Gasteiger partial charge in [0.25, 0.3) is 0 Å². The molecule has 0 aromatic carbocycles. The Bertz CT molecular complexity index is 295. The largest absolute Gasteiger partial charge is 0.351 e. The number of hydrogen-bond donors (Lipinski definition) is 1. The van der Waals surface area contributed by atoms with Gasteiger partial charge in [-0.25, -0.2) is 0 Å². The number of aromatic nitrogens is 2. The molecule has 0 radical (unpaired) electrons. The van der Waals surface area contributed by atoms with Crippen molar-refractivity contribution in [3.63, 3.8) is 0 Å². The highest BCUT2D eigenvalue weighted by Gasteiger charge is 2.11. The van der Waals surface area contributed by atoms with E-state index >= 15 is 0 Å². The van der Waals surface area contributed by atoms with Crippen LogP contribution in [-0.2, 0) is 11.3 Å². The van der Waals surface area contributed by atoms with Crippen molar-refractivity contribution in [2.75, 3.05) is 0 Å². The molecule has 1 rings (SSSR count). The van der Waals surface area contributed by atoms with Gasteiger partial charge < -0.3 is 5.32 Å². The highest BCUT2D eigenvalue weighted by molar-refractivity contribution is 7.05. The van der Waals surface area contributed by atoms with E-state index in [0.717, 1.165) is 10.6 Å². The number of nitrogens with one attached hydrogen (secondary N) is 1. The molecule has 0 unspecified atom stereocenters. The lowest BCUT2D eigenvalue weighted by molar-refractivity contribution is -0.119. The van der Waals surface area contributed by atoms with E-state index in [2.05, 4.69) is 28.8 Å². The van der Waals surface area contributed by atoms with E-state index in [9.17, 15) is 4.79 Å². The molecule has 1 aromatic heterocycles. The third-order valence-corrected chi connectivity index (χ3v) is 2.37. The van der Waals surface area contributed by atoms with Crippen molar-refractivity contribution in [1.82, 2.24) is 14.9 Å². The van der Waals surface area contributed by atoms with Gasteiger partial charge in [0.2, 0.25) is 5.91 Å². The van der Waals surface area contributed by atoms with Crippen LogP contribution in [0.25, 0.3) is 0 Å². The molecule has 0 aliphatic rings. The molecule has 1 aromatic rings. The molecule has 1 amide bonds. The minimum absolute atomic E-state index is 0.0249. The fourth-order valence-corrected chi connectivity index (χ4v) is 1.72. The van der Waals surface area contributed by atoms with Gasteiger partial charge in [-0.2, -0.15) is 0 Å². The molecule has 0 atom stereocenters. The molecule has 4 nitrogen and oxygen atoms in total. The van der Waals surface area contributed by atoms with Crippen molar-refractivity contribution in [2.45, 2.75) is 33.2 Å². The molecule has 13 heavy (non-hydrogen) atoms. The van der Waals surface area contributed by atoms with E-state index in [-0.39, 0.29) is 5.91 Å². The summed E-state index contributed by atoms with van der Waals surface area (Å²) >= 11 is 1.34. The molecule has 0 saturated heterocycles. The van der Waals surface area contributed by atoms with Crippen molar-refractivity contribution in [1.29, 1.82) is 0 Å². The number of hydrogen-bond acceptors (Lipinski definition) is 4. The molecule has 72 valence electrons. The average Bonchev–Trinajstić information content (AvgIpc) is 2.47. The Labute approximate surface area is 81.5 Å². The van der Waals surface area contributed by atoms with Crippen LogP contribution in [0, 0.1) is 0 Å². The molecule has 0 bridgehead atoms. The van der Waals surface area contributed by atoms with Crippen LogP contribution < -0.4 is 5.32 Å². The summed E-state index contributed by atoms with van der Waals surface area (Å²) in [5, 5.41) is 6.75. The van der Waals surface area contributed by atoms with Crippen LogP contribution >= 0.6 is 11.5 Å². The van der Waals surface area contributed by atoms with Gasteiger partial charge in [-0.1, -0.05) is 18.3 Å². The molecule has 0 aliphatic heterocycles. The fourth-order valence-electron chi connectivity index (χ4n) is 0.981. The molecule has 1 heterocycles. The number of nitrogens with zero attached hydrogens (tertiary/aromatic N) is 2. The Hall–Kier alpha value is -0.970. The Morgan fingerprint density at radius 2 is 2.31 bits per heavy atom. The van der Waals surface area contributed by atoms with Gasteiger partial charge in [0.05, 0.1) is 17.1 Å². The zero-order chi connectivity index (χ0) is 9.84. The molecule has 0 fully saturated rings. The first-order valence-electron chi connectivity index (χ1n) is 4.16. The zero-order valence-corrected chi connectivity index (χ0v) is 8.81. The third-order valence-electron chi connectivity index (χ3n) is 1.63. The maximum absolute atomic E-state index is 10.7. The van der Waals surface area contributed by atoms with Gasteiger partial charge in [0, 0.05) is 6.92 Å². The lowest BCUT2D eigenvalue weighted by Gasteiger charge is -2.03. The van der Waals surface area contributed by atoms with E-state index in [0.29, 0.717) is 12.5 Å². The first-order chi connectivity index (χ1) is 6.11. The summed E-state index contributed by atoms with van der Waals surface area (Å²) in [4.78, 5) is 11.7. The minimum atomic E-state index is -0.0249. The zero-order valence-electron chi connectivity index (χ0n) is 8.00. The fraction of sp³-hybridized carbons (Fsp3) is 0.625. The maximum atomic E-state index is 10.7. The smallest absolute Gasteiger partial charge is 0.217 e. The molecule has 0 aliphatic carbocycles. The SMILES string of the molecule is CC(=O)NCc1snnc1C(C)C. The van der Waals surface area contributed by atoms with Crippen LogP contribution in [0.4, 0.5) is 0 Å². The molecule has 0 saturated carbocycles. The summed E-state index contributed by atoms with van der Waals surface area (Å²) in [7, 11) is 0. The lowest BCUT2D eigenvalue weighted by atomic mass is 10.1. The van der Waals surface area contributed by atoms with Crippen molar-refractivity contribution < 1.29 is 4.79 Å². The van der Waals surface area contributed by atoms with Crippen molar-refractivity contribution in [3.05, 3.63) is 10.6 Å². The first kappa shape index (κ1) is 10.1. The van der Waals surface area contributed by atoms with Crippen molar-refractivity contribution in [2.24, 2.45) is 0 Å². The summed E-state index contributed by atoms with van der Waals surface area (Å²) in [5.74, 6) is 0.339. The van der Waals surface area contributed by atoms with Gasteiger partial charge in [0.15, 0.2) is 0 Å². The standard InChI is InChI=1S/C8H13N3OS/c1-5(2)8-7(13-11-10-8)4-9-6(3)12/h5H,4H2,1-3H3,(H,9,12). The molecule has 5 heteroatoms. The Balaban J connectivity index is 2.65. The Morgan fingerprint density at radius 3 is 2.85 bits per heavy atom. The topological polar surface area (TPSA) is 54.9 Å². The lowest BCUT2D eigenvalue weighted by Crippen LogP contribution is -2.19. The van der Waals surface area contributed by atoms with Crippen LogP contribution in [0.2, 0.25) is 0 Å². The van der Waals surface area contributed by atoms with Gasteiger partial charge in [-0.15, -0.1) is 5.10 Å². The Morgan fingerprint density at radius 1 is 1.62 bits per heavy atom. The molecule has 1 N–H and O–H groups in total. The first-order valence-corrected chi connectivity index (χ1v) is 4.94. The van der Waals surface area contributed by atoms with Gasteiger partial charge in [0.1, 0.15) is 0 Å². The normalized spacial score (nSPS) is 10.5. The van der Waals surface area contributed by atoms with Crippen LogP contribution in [-0.4, -0.2) is 15.5 Å². The van der Waals surface area contributed by atoms with Crippen LogP contribution in [0.5, 0.6) is 0 Å². The summed E-state index contributed by atoms with van der Waals surface area (Å²) in [6.45, 7) is 6.17. The number of carbonyl (C=O) groups is 1. The summed E-state index contributed by atoms with van der Waals surface area (Å²) in [5.41, 5.74) is 0.985. The van der Waals surface area contributed by atoms with E-state index in [1.165, 1.54) is 18.5 Å². The molecular formula is C8H13N3OS. The summed E-state index contributed by atoms with van der Waals surface area (Å²) in [6, 6.07) is 0. The van der Waals surface area contributed by atoms with Gasteiger partial charge >= 0.3 is 0 Å². The summed E-state index contributed by atoms with van der Waals surface area (Å²) in [6.07, 6.45) is 0. The number of amides is 1. The second-order valence-electron chi connectivity index (χ2n) is 3.15. The van der Waals surface area contributed by atoms with E-state index < -0.39 is 0 Å². The highest BCUT2D eigenvalue weighted by atomic mass is 32.1. The predicted molar refractivity (Wildman–Crippen MR) is 51.5 cm³/mol. The quantitative estimate of drug-likeness (QED) is 0.798. The second kappa shape index (κ2) is 4.32. The highest BCUT2D eigenvalue weighted by Crippen LogP contribution is 2.18. The molecular weight excluding hydrogens is 186 g/mol.